The molecule has 0 radical (unpaired) electrons. The quantitative estimate of drug-likeness (QED) is 0.782. The summed E-state index contributed by atoms with van der Waals surface area (Å²) in [5.41, 5.74) is 1.69. The average Bonchev–Trinajstić information content (AvgIpc) is 3.22. The van der Waals surface area contributed by atoms with Crippen LogP contribution in [0.25, 0.3) is 10.9 Å². The minimum absolute atomic E-state index is 0.0182. The first-order chi connectivity index (χ1) is 11.3. The summed E-state index contributed by atoms with van der Waals surface area (Å²) in [7, 11) is 0. The van der Waals surface area contributed by atoms with Crippen LogP contribution in [0.1, 0.15) is 16.8 Å². The van der Waals surface area contributed by atoms with Gasteiger partial charge in [-0.05, 0) is 24.6 Å². The lowest BCUT2D eigenvalue weighted by Gasteiger charge is -2.17. The Hall–Kier alpha value is -2.82. The molecule has 5 heteroatoms. The number of nitrogens with one attached hydrogen (secondary N) is 2. The molecule has 23 heavy (non-hydrogen) atoms. The highest BCUT2D eigenvalue weighted by molar-refractivity contribution is 6.06. The average molecular weight is 306 g/mol. The van der Waals surface area contributed by atoms with E-state index in [1.165, 1.54) is 0 Å². The van der Waals surface area contributed by atoms with Crippen molar-refractivity contribution in [3.63, 3.8) is 0 Å². The number of fused-ring (bicyclic) bond motifs is 1. The van der Waals surface area contributed by atoms with Gasteiger partial charge in [-0.1, -0.05) is 24.3 Å². The molecule has 0 bridgehead atoms. The zero-order chi connectivity index (χ0) is 15.6. The number of nitrogens with zero attached hydrogens (tertiary/aromatic N) is 2. The number of hydrogen-bond acceptors (Lipinski definition) is 3. The topological polar surface area (TPSA) is 61.0 Å². The van der Waals surface area contributed by atoms with E-state index in [0.29, 0.717) is 5.56 Å². The minimum Gasteiger partial charge on any atom is -0.360 e. The van der Waals surface area contributed by atoms with Crippen molar-refractivity contribution in [3.8, 4) is 0 Å². The van der Waals surface area contributed by atoms with E-state index in [9.17, 15) is 4.79 Å². The van der Waals surface area contributed by atoms with E-state index in [2.05, 4.69) is 20.2 Å². The highest BCUT2D eigenvalue weighted by atomic mass is 16.1. The molecule has 0 saturated carbocycles. The van der Waals surface area contributed by atoms with Crippen LogP contribution in [-0.2, 0) is 0 Å². The second kappa shape index (κ2) is 5.76. The third-order valence-corrected chi connectivity index (χ3v) is 4.33. The SMILES string of the molecule is O=C(NC1CCN(c2ccccn2)C1)c1c[nH]c2ccccc12. The lowest BCUT2D eigenvalue weighted by Crippen LogP contribution is -2.37. The fraction of sp³-hybridized carbons (Fsp3) is 0.222. The molecule has 0 spiro atoms. The van der Waals surface area contributed by atoms with Crippen LogP contribution in [0.15, 0.2) is 54.9 Å². The molecule has 1 aliphatic rings. The molecule has 1 aromatic carbocycles. The number of rotatable bonds is 3. The maximum Gasteiger partial charge on any atom is 0.253 e. The molecule has 3 aromatic rings. The van der Waals surface area contributed by atoms with Crippen LogP contribution in [0.5, 0.6) is 0 Å². The normalized spacial score (nSPS) is 17.6. The molecule has 2 aromatic heterocycles. The first-order valence-electron chi connectivity index (χ1n) is 7.84. The van der Waals surface area contributed by atoms with Crippen LogP contribution in [0.2, 0.25) is 0 Å². The van der Waals surface area contributed by atoms with Crippen LogP contribution in [-0.4, -0.2) is 35.0 Å². The lowest BCUT2D eigenvalue weighted by molar-refractivity contribution is 0.0942. The molecule has 1 aliphatic heterocycles. The van der Waals surface area contributed by atoms with E-state index in [1.807, 2.05) is 42.5 Å². The van der Waals surface area contributed by atoms with Gasteiger partial charge in [0.1, 0.15) is 5.82 Å². The van der Waals surface area contributed by atoms with E-state index in [0.717, 1.165) is 36.2 Å². The van der Waals surface area contributed by atoms with Gasteiger partial charge in [-0.15, -0.1) is 0 Å². The Morgan fingerprint density at radius 1 is 1.22 bits per heavy atom. The number of carbonyl (C=O) groups is 1. The Kier molecular flexibility index (Phi) is 3.46. The van der Waals surface area contributed by atoms with Gasteiger partial charge in [0.25, 0.3) is 5.91 Å². The highest BCUT2D eigenvalue weighted by Crippen LogP contribution is 2.20. The fourth-order valence-electron chi connectivity index (χ4n) is 3.15. The molecule has 3 heterocycles. The molecule has 1 amide bonds. The number of aromatic nitrogens is 2. The number of anilines is 1. The number of para-hydroxylation sites is 1. The predicted octanol–water partition coefficient (Wildman–Crippen LogP) is 2.57. The van der Waals surface area contributed by atoms with Crippen molar-refractivity contribution in [1.82, 2.24) is 15.3 Å². The van der Waals surface area contributed by atoms with Crippen molar-refractivity contribution < 1.29 is 4.79 Å². The van der Waals surface area contributed by atoms with Crippen molar-refractivity contribution in [3.05, 3.63) is 60.4 Å². The van der Waals surface area contributed by atoms with Crippen LogP contribution in [0.3, 0.4) is 0 Å². The first kappa shape index (κ1) is 13.8. The third-order valence-electron chi connectivity index (χ3n) is 4.33. The summed E-state index contributed by atoms with van der Waals surface area (Å²) in [5, 5.41) is 4.11. The Bertz CT molecular complexity index is 827. The smallest absolute Gasteiger partial charge is 0.253 e. The van der Waals surface area contributed by atoms with Gasteiger partial charge >= 0.3 is 0 Å². The van der Waals surface area contributed by atoms with Gasteiger partial charge < -0.3 is 15.2 Å². The number of hydrogen-bond donors (Lipinski definition) is 2. The van der Waals surface area contributed by atoms with Gasteiger partial charge in [0.2, 0.25) is 0 Å². The van der Waals surface area contributed by atoms with Gasteiger partial charge in [0.05, 0.1) is 5.56 Å². The third kappa shape index (κ3) is 2.65. The molecule has 116 valence electrons. The van der Waals surface area contributed by atoms with Gasteiger partial charge in [-0.2, -0.15) is 0 Å². The van der Waals surface area contributed by atoms with Crippen molar-refractivity contribution in [1.29, 1.82) is 0 Å². The zero-order valence-electron chi connectivity index (χ0n) is 12.7. The number of aromatic amines is 1. The molecule has 2 N–H and O–H groups in total. The second-order valence-corrected chi connectivity index (χ2v) is 5.84. The predicted molar refractivity (Wildman–Crippen MR) is 90.6 cm³/mol. The van der Waals surface area contributed by atoms with Gasteiger partial charge in [0, 0.05) is 42.4 Å². The lowest BCUT2D eigenvalue weighted by atomic mass is 10.1. The summed E-state index contributed by atoms with van der Waals surface area (Å²) in [6.45, 7) is 1.71. The molecule has 4 rings (SSSR count). The van der Waals surface area contributed by atoms with Crippen LogP contribution < -0.4 is 10.2 Å². The molecule has 1 unspecified atom stereocenters. The largest absolute Gasteiger partial charge is 0.360 e. The van der Waals surface area contributed by atoms with E-state index in [-0.39, 0.29) is 11.9 Å². The second-order valence-electron chi connectivity index (χ2n) is 5.84. The maximum atomic E-state index is 12.6. The van der Waals surface area contributed by atoms with Gasteiger partial charge in [0.15, 0.2) is 0 Å². The van der Waals surface area contributed by atoms with E-state index >= 15 is 0 Å². The summed E-state index contributed by atoms with van der Waals surface area (Å²) >= 11 is 0. The molecule has 5 nitrogen and oxygen atoms in total. The van der Waals surface area contributed by atoms with Crippen LogP contribution in [0.4, 0.5) is 5.82 Å². The Morgan fingerprint density at radius 3 is 2.96 bits per heavy atom. The molecular weight excluding hydrogens is 288 g/mol. The van der Waals surface area contributed by atoms with Crippen molar-refractivity contribution >= 4 is 22.6 Å². The number of pyridine rings is 1. The van der Waals surface area contributed by atoms with Crippen LogP contribution >= 0.6 is 0 Å². The summed E-state index contributed by atoms with van der Waals surface area (Å²) in [6, 6.07) is 13.9. The Balaban J connectivity index is 1.46. The number of benzene rings is 1. The van der Waals surface area contributed by atoms with Crippen molar-refractivity contribution in [2.75, 3.05) is 18.0 Å². The molecule has 0 aliphatic carbocycles. The minimum atomic E-state index is -0.0182. The van der Waals surface area contributed by atoms with Crippen LogP contribution in [0, 0.1) is 0 Å². The molecule has 1 atom stereocenters. The van der Waals surface area contributed by atoms with Crippen molar-refractivity contribution in [2.24, 2.45) is 0 Å². The van der Waals surface area contributed by atoms with E-state index in [4.69, 9.17) is 0 Å². The fourth-order valence-corrected chi connectivity index (χ4v) is 3.15. The molecule has 1 fully saturated rings. The molecule has 1 saturated heterocycles. The molecular formula is C18H18N4O. The van der Waals surface area contributed by atoms with Gasteiger partial charge in [-0.3, -0.25) is 4.79 Å². The summed E-state index contributed by atoms with van der Waals surface area (Å²) < 4.78 is 0. The summed E-state index contributed by atoms with van der Waals surface area (Å²) in [5.74, 6) is 0.951. The standard InChI is InChI=1S/C18H18N4O/c23-18(15-11-20-16-6-2-1-5-14(15)16)21-13-8-10-22(12-13)17-7-3-4-9-19-17/h1-7,9,11,13,20H,8,10,12H2,(H,21,23). The monoisotopic (exact) mass is 306 g/mol. The highest BCUT2D eigenvalue weighted by Gasteiger charge is 2.25. The van der Waals surface area contributed by atoms with E-state index < -0.39 is 0 Å². The maximum absolute atomic E-state index is 12.6. The van der Waals surface area contributed by atoms with Gasteiger partial charge in [-0.25, -0.2) is 4.98 Å². The van der Waals surface area contributed by atoms with Crippen molar-refractivity contribution in [2.45, 2.75) is 12.5 Å². The summed E-state index contributed by atoms with van der Waals surface area (Å²) in [4.78, 5) is 22.3. The zero-order valence-corrected chi connectivity index (χ0v) is 12.7. The number of carbonyl (C=O) groups excluding carboxylic acids is 1. The van der Waals surface area contributed by atoms with E-state index in [1.54, 1.807) is 12.4 Å². The number of H-pyrrole nitrogens is 1. The Labute approximate surface area is 134 Å². The summed E-state index contributed by atoms with van der Waals surface area (Å²) in [6.07, 6.45) is 4.52. The Morgan fingerprint density at radius 2 is 2.09 bits per heavy atom. The number of amides is 1. The first-order valence-corrected chi connectivity index (χ1v) is 7.84.